The summed E-state index contributed by atoms with van der Waals surface area (Å²) >= 11 is 0. The average molecular weight is 245 g/mol. The fraction of sp³-hybridized carbons (Fsp3) is 0.500. The quantitative estimate of drug-likeness (QED) is 0.846. The molecule has 2 rings (SSSR count). The molecule has 1 aliphatic rings. The molecule has 0 radical (unpaired) electrons. The van der Waals surface area contributed by atoms with Crippen molar-refractivity contribution < 1.29 is 5.11 Å². The Morgan fingerprint density at radius 3 is 2.78 bits per heavy atom. The Labute approximate surface area is 108 Å². The number of nitrogens with zero attached hydrogens (tertiary/aromatic N) is 3. The largest absolute Gasteiger partial charge is 0.395 e. The fourth-order valence-corrected chi connectivity index (χ4v) is 2.49. The summed E-state index contributed by atoms with van der Waals surface area (Å²) in [7, 11) is 2.04. The Morgan fingerprint density at radius 2 is 2.11 bits per heavy atom. The van der Waals surface area contributed by atoms with Crippen LogP contribution in [0.1, 0.15) is 12.5 Å². The van der Waals surface area contributed by atoms with Crippen LogP contribution in [0.25, 0.3) is 0 Å². The molecule has 96 valence electrons. The standard InChI is InChI=1S/C14H19N3O/c1-11-8-17(9-13(10-18)16(11)2)14-6-4-3-5-12(14)7-15/h3-6,11,13,18H,8-10H2,1-2H3. The van der Waals surface area contributed by atoms with Crippen LogP contribution in [0.4, 0.5) is 5.69 Å². The monoisotopic (exact) mass is 245 g/mol. The van der Waals surface area contributed by atoms with Crippen molar-refractivity contribution in [3.05, 3.63) is 29.8 Å². The lowest BCUT2D eigenvalue weighted by atomic mass is 10.1. The van der Waals surface area contributed by atoms with Crippen molar-refractivity contribution in [3.63, 3.8) is 0 Å². The van der Waals surface area contributed by atoms with Crippen LogP contribution >= 0.6 is 0 Å². The topological polar surface area (TPSA) is 50.5 Å². The number of anilines is 1. The van der Waals surface area contributed by atoms with Crippen LogP contribution in [0.2, 0.25) is 0 Å². The highest BCUT2D eigenvalue weighted by molar-refractivity contribution is 5.59. The van der Waals surface area contributed by atoms with Crippen LogP contribution < -0.4 is 4.90 Å². The predicted molar refractivity (Wildman–Crippen MR) is 71.5 cm³/mol. The predicted octanol–water partition coefficient (Wildman–Crippen LogP) is 1.06. The van der Waals surface area contributed by atoms with E-state index in [0.717, 1.165) is 18.8 Å². The minimum absolute atomic E-state index is 0.125. The van der Waals surface area contributed by atoms with Crippen molar-refractivity contribution in [1.82, 2.24) is 4.90 Å². The summed E-state index contributed by atoms with van der Waals surface area (Å²) in [5, 5.41) is 18.6. The maximum absolute atomic E-state index is 9.44. The minimum atomic E-state index is 0.125. The number of rotatable bonds is 2. The highest BCUT2D eigenvalue weighted by atomic mass is 16.3. The van der Waals surface area contributed by atoms with E-state index in [2.05, 4.69) is 22.8 Å². The molecule has 1 aromatic carbocycles. The first-order chi connectivity index (χ1) is 8.67. The van der Waals surface area contributed by atoms with E-state index in [4.69, 9.17) is 5.26 Å². The van der Waals surface area contributed by atoms with Gasteiger partial charge in [0.2, 0.25) is 0 Å². The Bertz CT molecular complexity index is 455. The molecule has 18 heavy (non-hydrogen) atoms. The summed E-state index contributed by atoms with van der Waals surface area (Å²) in [5.41, 5.74) is 1.67. The summed E-state index contributed by atoms with van der Waals surface area (Å²) < 4.78 is 0. The van der Waals surface area contributed by atoms with E-state index in [1.807, 2.05) is 31.3 Å². The molecule has 0 aromatic heterocycles. The summed E-state index contributed by atoms with van der Waals surface area (Å²) in [6.07, 6.45) is 0. The van der Waals surface area contributed by atoms with Gasteiger partial charge in [-0.25, -0.2) is 0 Å². The summed E-state index contributed by atoms with van der Waals surface area (Å²) in [5.74, 6) is 0. The summed E-state index contributed by atoms with van der Waals surface area (Å²) in [6.45, 7) is 3.93. The molecule has 1 saturated heterocycles. The molecule has 2 unspecified atom stereocenters. The van der Waals surface area contributed by atoms with Gasteiger partial charge < -0.3 is 10.0 Å². The smallest absolute Gasteiger partial charge is 0.101 e. The van der Waals surface area contributed by atoms with E-state index in [1.54, 1.807) is 0 Å². The zero-order valence-corrected chi connectivity index (χ0v) is 10.9. The number of hydrogen-bond donors (Lipinski definition) is 1. The van der Waals surface area contributed by atoms with Crippen molar-refractivity contribution in [3.8, 4) is 6.07 Å². The Hall–Kier alpha value is -1.57. The van der Waals surface area contributed by atoms with E-state index in [-0.39, 0.29) is 12.6 Å². The van der Waals surface area contributed by atoms with E-state index in [0.29, 0.717) is 11.6 Å². The van der Waals surface area contributed by atoms with Crippen LogP contribution in [0.3, 0.4) is 0 Å². The average Bonchev–Trinajstić information content (AvgIpc) is 2.41. The van der Waals surface area contributed by atoms with Gasteiger partial charge in [-0.15, -0.1) is 0 Å². The van der Waals surface area contributed by atoms with Crippen LogP contribution in [-0.2, 0) is 0 Å². The number of likely N-dealkylation sites (N-methyl/N-ethyl adjacent to an activating group) is 1. The molecule has 4 heteroatoms. The van der Waals surface area contributed by atoms with Crippen LogP contribution in [0.15, 0.2) is 24.3 Å². The highest BCUT2D eigenvalue weighted by Gasteiger charge is 2.29. The number of para-hydroxylation sites is 1. The SMILES string of the molecule is CC1CN(c2ccccc2C#N)CC(CO)N1C. The molecular weight excluding hydrogens is 226 g/mol. The molecule has 1 aromatic rings. The van der Waals surface area contributed by atoms with Crippen molar-refractivity contribution in [2.75, 3.05) is 31.6 Å². The van der Waals surface area contributed by atoms with Gasteiger partial charge in [0.15, 0.2) is 0 Å². The Morgan fingerprint density at radius 1 is 1.39 bits per heavy atom. The van der Waals surface area contributed by atoms with Gasteiger partial charge in [0.05, 0.1) is 23.9 Å². The summed E-state index contributed by atoms with van der Waals surface area (Å²) in [6, 6.07) is 10.4. The summed E-state index contributed by atoms with van der Waals surface area (Å²) in [4.78, 5) is 4.40. The van der Waals surface area contributed by atoms with Gasteiger partial charge in [0.25, 0.3) is 0 Å². The van der Waals surface area contributed by atoms with Crippen molar-refractivity contribution in [1.29, 1.82) is 5.26 Å². The third-order valence-electron chi connectivity index (χ3n) is 3.76. The first-order valence-corrected chi connectivity index (χ1v) is 6.24. The lowest BCUT2D eigenvalue weighted by Crippen LogP contribution is -2.57. The number of nitriles is 1. The second-order valence-electron chi connectivity index (χ2n) is 4.88. The molecule has 1 heterocycles. The molecule has 0 amide bonds. The van der Waals surface area contributed by atoms with Crippen molar-refractivity contribution >= 4 is 5.69 Å². The molecular formula is C14H19N3O. The fourth-order valence-electron chi connectivity index (χ4n) is 2.49. The first-order valence-electron chi connectivity index (χ1n) is 6.24. The van der Waals surface area contributed by atoms with Crippen LogP contribution in [0.5, 0.6) is 0 Å². The van der Waals surface area contributed by atoms with Gasteiger partial charge in [-0.2, -0.15) is 5.26 Å². The third kappa shape index (κ3) is 2.33. The van der Waals surface area contributed by atoms with E-state index >= 15 is 0 Å². The zero-order valence-electron chi connectivity index (χ0n) is 10.9. The van der Waals surface area contributed by atoms with Gasteiger partial charge in [-0.1, -0.05) is 12.1 Å². The maximum atomic E-state index is 9.44. The molecule has 0 saturated carbocycles. The van der Waals surface area contributed by atoms with Gasteiger partial charge >= 0.3 is 0 Å². The van der Waals surface area contributed by atoms with Gasteiger partial charge in [-0.3, -0.25) is 4.90 Å². The number of piperazine rings is 1. The zero-order chi connectivity index (χ0) is 13.1. The molecule has 0 spiro atoms. The van der Waals surface area contributed by atoms with E-state index < -0.39 is 0 Å². The van der Waals surface area contributed by atoms with Crippen LogP contribution in [-0.4, -0.2) is 48.8 Å². The molecule has 4 nitrogen and oxygen atoms in total. The van der Waals surface area contributed by atoms with Gasteiger partial charge in [0, 0.05) is 19.1 Å². The molecule has 2 atom stereocenters. The van der Waals surface area contributed by atoms with Crippen molar-refractivity contribution in [2.24, 2.45) is 0 Å². The molecule has 0 bridgehead atoms. The second-order valence-corrected chi connectivity index (χ2v) is 4.88. The van der Waals surface area contributed by atoms with E-state index in [9.17, 15) is 5.11 Å². The lowest BCUT2D eigenvalue weighted by molar-refractivity contribution is 0.0996. The maximum Gasteiger partial charge on any atom is 0.101 e. The molecule has 1 N–H and O–H groups in total. The van der Waals surface area contributed by atoms with Gasteiger partial charge in [0.1, 0.15) is 6.07 Å². The van der Waals surface area contributed by atoms with Crippen LogP contribution in [0, 0.1) is 11.3 Å². The molecule has 0 aliphatic carbocycles. The second kappa shape index (κ2) is 5.38. The lowest BCUT2D eigenvalue weighted by Gasteiger charge is -2.44. The van der Waals surface area contributed by atoms with Gasteiger partial charge in [-0.05, 0) is 26.1 Å². The number of benzene rings is 1. The number of hydrogen-bond acceptors (Lipinski definition) is 4. The normalized spacial score (nSPS) is 24.9. The van der Waals surface area contributed by atoms with E-state index in [1.165, 1.54) is 0 Å². The third-order valence-corrected chi connectivity index (χ3v) is 3.76. The highest BCUT2D eigenvalue weighted by Crippen LogP contribution is 2.24. The first kappa shape index (κ1) is 12.9. The minimum Gasteiger partial charge on any atom is -0.395 e. The Kier molecular flexibility index (Phi) is 3.85. The van der Waals surface area contributed by atoms with Crippen molar-refractivity contribution in [2.45, 2.75) is 19.0 Å². The molecule has 1 fully saturated rings. The Balaban J connectivity index is 2.26. The molecule has 1 aliphatic heterocycles. The number of aliphatic hydroxyl groups is 1. The number of aliphatic hydroxyl groups excluding tert-OH is 1.